The molecule has 0 unspecified atom stereocenters. The predicted molar refractivity (Wildman–Crippen MR) is 289 cm³/mol. The maximum Gasteiger partial charge on any atom is -0.00928 e. The Labute approximate surface area is 390 Å². The number of benzene rings is 13. The van der Waals surface area contributed by atoms with E-state index in [1.165, 1.54) is 137 Å². The van der Waals surface area contributed by atoms with Crippen LogP contribution in [0.3, 0.4) is 0 Å². The Balaban J connectivity index is 0.747. The van der Waals surface area contributed by atoms with Gasteiger partial charge in [-0.05, 0) is 168 Å². The molecule has 0 aliphatic heterocycles. The molecular weight excluding hydrogens is 805 g/mol. The molecule has 0 amide bonds. The molecule has 0 atom stereocenters. The van der Waals surface area contributed by atoms with E-state index in [2.05, 4.69) is 256 Å². The van der Waals surface area contributed by atoms with Gasteiger partial charge in [0, 0.05) is 0 Å². The molecule has 0 saturated heterocycles. The monoisotopic (exact) mass is 848 g/mol. The number of hydrogen-bond acceptors (Lipinski definition) is 0. The summed E-state index contributed by atoms with van der Waals surface area (Å²) in [5, 5.41) is 15.6. The lowest BCUT2D eigenvalue weighted by molar-refractivity contribution is 1.45. The van der Waals surface area contributed by atoms with Crippen LogP contribution < -0.4 is 0 Å². The van der Waals surface area contributed by atoms with Crippen LogP contribution in [-0.4, -0.2) is 0 Å². The van der Waals surface area contributed by atoms with Crippen molar-refractivity contribution in [3.8, 4) is 66.8 Å². The van der Waals surface area contributed by atoms with Crippen molar-refractivity contribution in [3.63, 3.8) is 0 Å². The normalized spacial score (nSPS) is 11.7. The third-order valence-electron chi connectivity index (χ3n) is 14.2. The molecule has 0 radical (unpaired) electrons. The summed E-state index contributed by atoms with van der Waals surface area (Å²) >= 11 is 0. The zero-order valence-electron chi connectivity index (χ0n) is 37.2. The van der Waals surface area contributed by atoms with Gasteiger partial charge in [0.15, 0.2) is 0 Å². The molecule has 0 aromatic heterocycles. The van der Waals surface area contributed by atoms with E-state index in [1.807, 2.05) is 0 Å². The maximum atomic E-state index is 2.38. The molecule has 0 nitrogen and oxygen atoms in total. The van der Waals surface area contributed by atoms with Gasteiger partial charge < -0.3 is 0 Å². The molecule has 0 bridgehead atoms. The second kappa shape index (κ2) is 15.8. The highest BCUT2D eigenvalue weighted by atomic mass is 14.2. The van der Waals surface area contributed by atoms with Gasteiger partial charge in [0.25, 0.3) is 0 Å². The highest BCUT2D eigenvalue weighted by Crippen LogP contribution is 2.40. The molecule has 0 saturated carbocycles. The van der Waals surface area contributed by atoms with Crippen LogP contribution in [0.15, 0.2) is 249 Å². The predicted octanol–water partition coefficient (Wildman–Crippen LogP) is 18.9. The van der Waals surface area contributed by atoms with Crippen molar-refractivity contribution in [2.24, 2.45) is 0 Å². The third-order valence-corrected chi connectivity index (χ3v) is 14.2. The Hall–Kier alpha value is -8.58. The first-order valence-electron chi connectivity index (χ1n) is 23.3. The number of fused-ring (bicyclic) bond motifs is 12. The average Bonchev–Trinajstić information content (AvgIpc) is 3.41. The Bertz CT molecular complexity index is 4010. The largest absolute Gasteiger partial charge is 0.0616 e. The van der Waals surface area contributed by atoms with Gasteiger partial charge in [-0.25, -0.2) is 0 Å². The van der Waals surface area contributed by atoms with E-state index in [0.29, 0.717) is 0 Å². The molecule has 0 aliphatic carbocycles. The van der Waals surface area contributed by atoms with Gasteiger partial charge in [-0.1, -0.05) is 224 Å². The molecule has 312 valence electrons. The fraction of sp³-hybridized carbons (Fsp3) is 0.0149. The van der Waals surface area contributed by atoms with Gasteiger partial charge in [-0.3, -0.25) is 0 Å². The SMILES string of the molecule is Cc1cc(-c2ccc(-c3cccc(-c4ccc5c6ccccc6c6ccccc6c5c4)c3)cc2)ccc1-c1ccc(-c2cccc(-c3ccc4c5ccccc5c5ccccc5c4c3)c2)cc1. The molecule has 0 heterocycles. The fourth-order valence-electron chi connectivity index (χ4n) is 10.8. The number of aryl methyl sites for hydroxylation is 1. The van der Waals surface area contributed by atoms with Crippen LogP contribution in [0, 0.1) is 6.92 Å². The standard InChI is InChI=1S/C67H44/c1-43-38-52(46-26-24-44(25-27-46)48-12-10-14-50(39-48)53-33-36-64-60-20-4-2-16-56(60)58-18-6-8-22-62(58)66(64)41-53)32-35-55(43)47-30-28-45(29-31-47)49-13-11-15-51(40-49)54-34-37-65-61-21-5-3-17-57(61)59-19-7-9-23-63(59)67(65)42-54/h2-42H,1H3. The van der Waals surface area contributed by atoms with Gasteiger partial charge in [0.2, 0.25) is 0 Å². The second-order valence-electron chi connectivity index (χ2n) is 18.0. The second-order valence-corrected chi connectivity index (χ2v) is 18.0. The highest BCUT2D eigenvalue weighted by Gasteiger charge is 2.13. The van der Waals surface area contributed by atoms with E-state index in [4.69, 9.17) is 0 Å². The summed E-state index contributed by atoms with van der Waals surface area (Å²) in [6.45, 7) is 2.23. The number of hydrogen-bond donors (Lipinski definition) is 0. The first-order valence-corrected chi connectivity index (χ1v) is 23.3. The first-order chi connectivity index (χ1) is 33.1. The van der Waals surface area contributed by atoms with Crippen molar-refractivity contribution in [2.45, 2.75) is 6.92 Å². The van der Waals surface area contributed by atoms with E-state index < -0.39 is 0 Å². The Morgan fingerprint density at radius 2 is 0.418 bits per heavy atom. The summed E-state index contributed by atoms with van der Waals surface area (Å²) in [4.78, 5) is 0. The van der Waals surface area contributed by atoms with E-state index in [1.54, 1.807) is 0 Å². The lowest BCUT2D eigenvalue weighted by Gasteiger charge is -2.13. The molecular formula is C67H44. The zero-order valence-corrected chi connectivity index (χ0v) is 37.2. The summed E-state index contributed by atoms with van der Waals surface area (Å²) < 4.78 is 0. The molecule has 13 aromatic carbocycles. The Kier molecular flexibility index (Phi) is 9.18. The van der Waals surface area contributed by atoms with Gasteiger partial charge in [0.05, 0.1) is 0 Å². The quantitative estimate of drug-likeness (QED) is 0.146. The van der Waals surface area contributed by atoms with Crippen LogP contribution in [0.4, 0.5) is 0 Å². The summed E-state index contributed by atoms with van der Waals surface area (Å²) in [5.74, 6) is 0. The van der Waals surface area contributed by atoms with Crippen molar-refractivity contribution < 1.29 is 0 Å². The van der Waals surface area contributed by atoms with Crippen LogP contribution in [-0.2, 0) is 0 Å². The van der Waals surface area contributed by atoms with E-state index in [9.17, 15) is 0 Å². The first kappa shape index (κ1) is 38.8. The summed E-state index contributed by atoms with van der Waals surface area (Å²) in [6.07, 6.45) is 0. The third kappa shape index (κ3) is 6.69. The Morgan fingerprint density at radius 3 is 0.776 bits per heavy atom. The molecule has 0 aliphatic rings. The fourth-order valence-corrected chi connectivity index (χ4v) is 10.8. The van der Waals surface area contributed by atoms with Crippen molar-refractivity contribution >= 4 is 64.6 Å². The van der Waals surface area contributed by atoms with E-state index in [-0.39, 0.29) is 0 Å². The van der Waals surface area contributed by atoms with Gasteiger partial charge in [-0.2, -0.15) is 0 Å². The van der Waals surface area contributed by atoms with Gasteiger partial charge >= 0.3 is 0 Å². The lowest BCUT2D eigenvalue weighted by atomic mass is 9.91. The molecule has 13 aromatic rings. The van der Waals surface area contributed by atoms with Crippen LogP contribution in [0.2, 0.25) is 0 Å². The smallest absolute Gasteiger partial charge is 0.00928 e. The Morgan fingerprint density at radius 1 is 0.164 bits per heavy atom. The van der Waals surface area contributed by atoms with Gasteiger partial charge in [0.1, 0.15) is 0 Å². The summed E-state index contributed by atoms with van der Waals surface area (Å²) in [7, 11) is 0. The summed E-state index contributed by atoms with van der Waals surface area (Å²) in [5.41, 5.74) is 15.9. The summed E-state index contributed by atoms with van der Waals surface area (Å²) in [6, 6.07) is 91.9. The molecule has 0 fully saturated rings. The molecule has 67 heavy (non-hydrogen) atoms. The minimum Gasteiger partial charge on any atom is -0.0616 e. The zero-order chi connectivity index (χ0) is 44.4. The van der Waals surface area contributed by atoms with Gasteiger partial charge in [-0.15, -0.1) is 0 Å². The van der Waals surface area contributed by atoms with Crippen molar-refractivity contribution in [1.82, 2.24) is 0 Å². The van der Waals surface area contributed by atoms with Crippen LogP contribution in [0.5, 0.6) is 0 Å². The number of rotatable bonds is 6. The van der Waals surface area contributed by atoms with Crippen LogP contribution in [0.25, 0.3) is 131 Å². The molecule has 13 rings (SSSR count). The van der Waals surface area contributed by atoms with E-state index in [0.717, 1.165) is 0 Å². The van der Waals surface area contributed by atoms with E-state index >= 15 is 0 Å². The van der Waals surface area contributed by atoms with Crippen LogP contribution >= 0.6 is 0 Å². The molecule has 0 heteroatoms. The van der Waals surface area contributed by atoms with Crippen molar-refractivity contribution in [1.29, 1.82) is 0 Å². The lowest BCUT2D eigenvalue weighted by Crippen LogP contribution is -1.88. The maximum absolute atomic E-state index is 2.38. The minimum atomic E-state index is 1.21. The van der Waals surface area contributed by atoms with Crippen molar-refractivity contribution in [3.05, 3.63) is 254 Å². The van der Waals surface area contributed by atoms with Crippen molar-refractivity contribution in [2.75, 3.05) is 0 Å². The molecule has 0 N–H and O–H groups in total. The average molecular weight is 849 g/mol. The minimum absolute atomic E-state index is 1.21. The van der Waals surface area contributed by atoms with Crippen LogP contribution in [0.1, 0.15) is 5.56 Å². The molecule has 0 spiro atoms. The topological polar surface area (TPSA) is 0 Å². The highest BCUT2D eigenvalue weighted by molar-refractivity contribution is 6.27.